The third kappa shape index (κ3) is 3.63. The highest BCUT2D eigenvalue weighted by atomic mass is 32.2. The number of amides is 2. The largest absolute Gasteiger partial charge is 0.497 e. The highest BCUT2D eigenvalue weighted by Gasteiger charge is 2.40. The van der Waals surface area contributed by atoms with Crippen LogP contribution in [-0.4, -0.2) is 46.1 Å². The number of benzene rings is 2. The molecule has 2 aromatic rings. The number of hydrogen-bond donors (Lipinski definition) is 1. The number of aliphatic imine (C=N–C) groups is 2. The quantitative estimate of drug-likeness (QED) is 0.840. The van der Waals surface area contributed by atoms with Gasteiger partial charge in [0, 0.05) is 11.3 Å². The van der Waals surface area contributed by atoms with Gasteiger partial charge in [0.1, 0.15) is 17.6 Å². The van der Waals surface area contributed by atoms with Crippen LogP contribution in [0.15, 0.2) is 58.5 Å². The van der Waals surface area contributed by atoms with Crippen molar-refractivity contribution in [3.63, 3.8) is 0 Å². The molecule has 1 N–H and O–H groups in total. The molecule has 0 bridgehead atoms. The lowest BCUT2D eigenvalue weighted by Crippen LogP contribution is -2.41. The monoisotopic (exact) mass is 408 g/mol. The minimum atomic E-state index is -0.467. The Bertz CT molecular complexity index is 1030. The number of nitrogens with zero attached hydrogens (tertiary/aromatic N) is 3. The summed E-state index contributed by atoms with van der Waals surface area (Å²) in [6.07, 6.45) is 0. The predicted molar refractivity (Wildman–Crippen MR) is 115 cm³/mol. The Hall–Kier alpha value is -3.13. The van der Waals surface area contributed by atoms with Crippen molar-refractivity contribution in [3.8, 4) is 5.75 Å². The van der Waals surface area contributed by atoms with Gasteiger partial charge in [-0.3, -0.25) is 14.6 Å². The zero-order valence-electron chi connectivity index (χ0n) is 16.2. The lowest BCUT2D eigenvalue weighted by molar-refractivity contribution is -0.124. The Morgan fingerprint density at radius 2 is 1.93 bits per heavy atom. The molecule has 29 heavy (non-hydrogen) atoms. The van der Waals surface area contributed by atoms with Crippen LogP contribution in [0.1, 0.15) is 19.4 Å². The van der Waals surface area contributed by atoms with Crippen LogP contribution in [0.4, 0.5) is 11.4 Å². The summed E-state index contributed by atoms with van der Waals surface area (Å²) in [4.78, 5) is 36.0. The SMILES string of the molecule is COc1ccc(NC(=O)[C@H](C)SC2=Nc3ccccc3C3=N[C@@H](C)C(=O)N23)cc1. The number of para-hydroxylation sites is 1. The predicted octanol–water partition coefficient (Wildman–Crippen LogP) is 3.43. The van der Waals surface area contributed by atoms with Crippen LogP contribution in [0, 0.1) is 0 Å². The Labute approximate surface area is 172 Å². The molecule has 2 amide bonds. The van der Waals surface area contributed by atoms with E-state index in [1.807, 2.05) is 24.3 Å². The van der Waals surface area contributed by atoms with Crippen molar-refractivity contribution in [1.82, 2.24) is 4.90 Å². The van der Waals surface area contributed by atoms with Crippen LogP contribution < -0.4 is 10.1 Å². The molecule has 0 spiro atoms. The average molecular weight is 408 g/mol. The highest BCUT2D eigenvalue weighted by molar-refractivity contribution is 8.15. The van der Waals surface area contributed by atoms with Gasteiger partial charge in [-0.25, -0.2) is 9.89 Å². The summed E-state index contributed by atoms with van der Waals surface area (Å²) in [7, 11) is 1.59. The second kappa shape index (κ2) is 7.71. The maximum Gasteiger partial charge on any atom is 0.258 e. The zero-order chi connectivity index (χ0) is 20.5. The minimum Gasteiger partial charge on any atom is -0.497 e. The summed E-state index contributed by atoms with van der Waals surface area (Å²) in [5, 5.41) is 2.88. The van der Waals surface area contributed by atoms with Crippen molar-refractivity contribution in [2.45, 2.75) is 25.1 Å². The molecule has 0 unspecified atom stereocenters. The summed E-state index contributed by atoms with van der Waals surface area (Å²) >= 11 is 1.24. The summed E-state index contributed by atoms with van der Waals surface area (Å²) in [6.45, 7) is 3.55. The van der Waals surface area contributed by atoms with Crippen LogP contribution in [0.3, 0.4) is 0 Å². The molecule has 0 fully saturated rings. The molecule has 2 aromatic carbocycles. The Balaban J connectivity index is 1.54. The lowest BCUT2D eigenvalue weighted by Gasteiger charge is -2.26. The number of amidine groups is 2. The van der Waals surface area contributed by atoms with E-state index in [0.717, 1.165) is 11.3 Å². The summed E-state index contributed by atoms with van der Waals surface area (Å²) in [6, 6.07) is 14.2. The smallest absolute Gasteiger partial charge is 0.258 e. The maximum absolute atomic E-state index is 12.7. The molecule has 0 saturated heterocycles. The molecule has 2 aliphatic rings. The number of hydrogen-bond acceptors (Lipinski definition) is 6. The van der Waals surface area contributed by atoms with Crippen molar-refractivity contribution < 1.29 is 14.3 Å². The van der Waals surface area contributed by atoms with Gasteiger partial charge in [0.25, 0.3) is 5.91 Å². The van der Waals surface area contributed by atoms with Crippen LogP contribution in [-0.2, 0) is 9.59 Å². The summed E-state index contributed by atoms with van der Waals surface area (Å²) in [5.41, 5.74) is 2.24. The Kier molecular flexibility index (Phi) is 5.10. The average Bonchev–Trinajstić information content (AvgIpc) is 3.03. The molecule has 8 heteroatoms. The van der Waals surface area contributed by atoms with Gasteiger partial charge in [-0.1, -0.05) is 23.9 Å². The van der Waals surface area contributed by atoms with E-state index in [9.17, 15) is 9.59 Å². The van der Waals surface area contributed by atoms with Gasteiger partial charge in [0.15, 0.2) is 5.17 Å². The molecule has 2 atom stereocenters. The summed E-state index contributed by atoms with van der Waals surface area (Å²) < 4.78 is 5.13. The molecule has 7 nitrogen and oxygen atoms in total. The van der Waals surface area contributed by atoms with Crippen LogP contribution in [0.25, 0.3) is 0 Å². The van der Waals surface area contributed by atoms with Gasteiger partial charge < -0.3 is 10.1 Å². The standard InChI is InChI=1S/C21H20N4O3S/c1-12-20(27)25-18(22-12)16-6-4-5-7-17(16)24-21(25)29-13(2)19(26)23-14-8-10-15(28-3)11-9-14/h4-13H,1-3H3,(H,23,26)/t12-,13-/m0/s1. The molecule has 148 valence electrons. The van der Waals surface area contributed by atoms with E-state index in [1.54, 1.807) is 45.2 Å². The van der Waals surface area contributed by atoms with Crippen molar-refractivity contribution >= 4 is 46.0 Å². The number of anilines is 1. The fourth-order valence-corrected chi connectivity index (χ4v) is 4.00. The fraction of sp³-hybridized carbons (Fsp3) is 0.238. The number of rotatable bonds is 4. The molecule has 2 aliphatic heterocycles. The number of fused-ring (bicyclic) bond motifs is 3. The Morgan fingerprint density at radius 3 is 2.66 bits per heavy atom. The van der Waals surface area contributed by atoms with Crippen molar-refractivity contribution in [3.05, 3.63) is 54.1 Å². The van der Waals surface area contributed by atoms with Gasteiger partial charge in [-0.05, 0) is 50.2 Å². The highest BCUT2D eigenvalue weighted by Crippen LogP contribution is 2.34. The normalized spacial score (nSPS) is 18.4. The van der Waals surface area contributed by atoms with E-state index in [-0.39, 0.29) is 11.8 Å². The minimum absolute atomic E-state index is 0.136. The number of thioether (sulfide) groups is 1. The van der Waals surface area contributed by atoms with Gasteiger partial charge >= 0.3 is 0 Å². The molecular weight excluding hydrogens is 388 g/mol. The van der Waals surface area contributed by atoms with Gasteiger partial charge in [-0.15, -0.1) is 0 Å². The van der Waals surface area contributed by atoms with E-state index in [4.69, 9.17) is 4.74 Å². The number of methoxy groups -OCH3 is 1. The first-order chi connectivity index (χ1) is 14.0. The van der Waals surface area contributed by atoms with Crippen molar-refractivity contribution in [1.29, 1.82) is 0 Å². The van der Waals surface area contributed by atoms with E-state index >= 15 is 0 Å². The molecule has 0 saturated carbocycles. The molecular formula is C21H20N4O3S. The first kappa shape index (κ1) is 19.2. The molecule has 0 aromatic heterocycles. The van der Waals surface area contributed by atoms with Crippen LogP contribution in [0.5, 0.6) is 5.75 Å². The first-order valence-corrected chi connectivity index (χ1v) is 10.1. The van der Waals surface area contributed by atoms with Crippen molar-refractivity contribution in [2.24, 2.45) is 9.98 Å². The first-order valence-electron chi connectivity index (χ1n) is 9.19. The molecule has 2 heterocycles. The summed E-state index contributed by atoms with van der Waals surface area (Å²) in [5.74, 6) is 0.996. The topological polar surface area (TPSA) is 83.4 Å². The van der Waals surface area contributed by atoms with Crippen LogP contribution in [0.2, 0.25) is 0 Å². The van der Waals surface area contributed by atoms with Crippen molar-refractivity contribution in [2.75, 3.05) is 12.4 Å². The van der Waals surface area contributed by atoms with Gasteiger partial charge in [-0.2, -0.15) is 0 Å². The van der Waals surface area contributed by atoms with E-state index in [1.165, 1.54) is 16.7 Å². The van der Waals surface area contributed by atoms with Gasteiger partial charge in [0.2, 0.25) is 5.91 Å². The van der Waals surface area contributed by atoms with Gasteiger partial charge in [0.05, 0.1) is 18.0 Å². The maximum atomic E-state index is 12.7. The molecule has 0 radical (unpaired) electrons. The van der Waals surface area contributed by atoms with E-state index < -0.39 is 11.3 Å². The second-order valence-electron chi connectivity index (χ2n) is 6.69. The third-order valence-corrected chi connectivity index (χ3v) is 5.72. The number of ether oxygens (including phenoxy) is 1. The number of carbonyl (C=O) groups is 2. The Morgan fingerprint density at radius 1 is 1.21 bits per heavy atom. The number of nitrogens with one attached hydrogen (secondary N) is 1. The van der Waals surface area contributed by atoms with E-state index in [2.05, 4.69) is 15.3 Å². The molecule has 0 aliphatic carbocycles. The van der Waals surface area contributed by atoms with E-state index in [0.29, 0.717) is 22.4 Å². The molecule has 4 rings (SSSR count). The third-order valence-electron chi connectivity index (χ3n) is 4.67. The fourth-order valence-electron chi connectivity index (χ4n) is 3.08. The van der Waals surface area contributed by atoms with Crippen LogP contribution >= 0.6 is 11.8 Å². The lowest BCUT2D eigenvalue weighted by atomic mass is 10.1. The zero-order valence-corrected chi connectivity index (χ0v) is 17.1. The second-order valence-corrected chi connectivity index (χ2v) is 8.00. The number of carbonyl (C=O) groups excluding carboxylic acids is 2.